The van der Waals surface area contributed by atoms with E-state index in [0.717, 1.165) is 41.7 Å². The van der Waals surface area contributed by atoms with Gasteiger partial charge in [-0.15, -0.1) is 0 Å². The number of hydrogen-bond acceptors (Lipinski definition) is 4. The molecule has 0 unspecified atom stereocenters. The minimum atomic E-state index is -0.650. The first kappa shape index (κ1) is 13.5. The summed E-state index contributed by atoms with van der Waals surface area (Å²) in [5, 5.41) is 0. The molecule has 18 heavy (non-hydrogen) atoms. The summed E-state index contributed by atoms with van der Waals surface area (Å²) in [6.07, 6.45) is 0. The van der Waals surface area contributed by atoms with Gasteiger partial charge in [-0.1, -0.05) is 13.8 Å². The molecule has 1 aromatic heterocycles. The highest BCUT2D eigenvalue weighted by molar-refractivity contribution is 7.85. The lowest BCUT2D eigenvalue weighted by molar-refractivity contribution is 0.671. The third-order valence-corrected chi connectivity index (χ3v) is 4.50. The molecule has 1 aromatic rings. The Balaban J connectivity index is 2.26. The molecule has 0 saturated carbocycles. The zero-order chi connectivity index (χ0) is 13.1. The van der Waals surface area contributed by atoms with Gasteiger partial charge in [0.15, 0.2) is 0 Å². The fraction of sp³-hybridized carbons (Fsp3) is 0.615. The van der Waals surface area contributed by atoms with Crippen molar-refractivity contribution in [2.75, 3.05) is 29.5 Å². The van der Waals surface area contributed by atoms with Crippen molar-refractivity contribution in [1.82, 2.24) is 4.98 Å². The molecule has 2 rings (SSSR count). The van der Waals surface area contributed by atoms with Gasteiger partial charge in [0.05, 0.1) is 0 Å². The van der Waals surface area contributed by atoms with Crippen molar-refractivity contribution >= 4 is 16.6 Å². The lowest BCUT2D eigenvalue weighted by Crippen LogP contribution is -2.38. The van der Waals surface area contributed by atoms with Gasteiger partial charge in [-0.05, 0) is 23.6 Å². The van der Waals surface area contributed by atoms with Gasteiger partial charge in [0, 0.05) is 47.6 Å². The van der Waals surface area contributed by atoms with Crippen molar-refractivity contribution in [3.8, 4) is 0 Å². The van der Waals surface area contributed by atoms with Crippen LogP contribution in [0.3, 0.4) is 0 Å². The first-order valence-corrected chi connectivity index (χ1v) is 7.90. The Morgan fingerprint density at radius 1 is 1.39 bits per heavy atom. The SMILES string of the molecule is CC(C)c1cc(CN)cc(N2CCS(=O)CC2)n1. The van der Waals surface area contributed by atoms with E-state index in [1.807, 2.05) is 0 Å². The molecule has 0 aromatic carbocycles. The maximum Gasteiger partial charge on any atom is 0.129 e. The van der Waals surface area contributed by atoms with E-state index in [1.54, 1.807) is 0 Å². The van der Waals surface area contributed by atoms with Crippen molar-refractivity contribution in [3.05, 3.63) is 23.4 Å². The number of hydrogen-bond donors (Lipinski definition) is 1. The van der Waals surface area contributed by atoms with Gasteiger partial charge in [0.25, 0.3) is 0 Å². The van der Waals surface area contributed by atoms with Crippen molar-refractivity contribution in [2.45, 2.75) is 26.3 Å². The minimum Gasteiger partial charge on any atom is -0.355 e. The molecule has 0 aliphatic carbocycles. The molecular formula is C13H21N3OS. The van der Waals surface area contributed by atoms with E-state index in [1.165, 1.54) is 0 Å². The van der Waals surface area contributed by atoms with Crippen LogP contribution >= 0.6 is 0 Å². The second kappa shape index (κ2) is 5.80. The molecule has 1 saturated heterocycles. The number of pyridine rings is 1. The van der Waals surface area contributed by atoms with Crippen molar-refractivity contribution in [1.29, 1.82) is 0 Å². The van der Waals surface area contributed by atoms with E-state index in [2.05, 4.69) is 30.9 Å². The summed E-state index contributed by atoms with van der Waals surface area (Å²) in [6.45, 7) is 6.46. The quantitative estimate of drug-likeness (QED) is 0.895. The number of nitrogens with zero attached hydrogens (tertiary/aromatic N) is 2. The summed E-state index contributed by atoms with van der Waals surface area (Å²) in [7, 11) is -0.650. The van der Waals surface area contributed by atoms with Gasteiger partial charge in [0.2, 0.25) is 0 Å². The Hall–Kier alpha value is -0.940. The Labute approximate surface area is 111 Å². The first-order chi connectivity index (χ1) is 8.60. The molecule has 0 amide bonds. The monoisotopic (exact) mass is 267 g/mol. The van der Waals surface area contributed by atoms with Crippen LogP contribution in [0.2, 0.25) is 0 Å². The maximum absolute atomic E-state index is 11.4. The second-order valence-electron chi connectivity index (χ2n) is 4.95. The zero-order valence-corrected chi connectivity index (χ0v) is 11.9. The summed E-state index contributed by atoms with van der Waals surface area (Å²) in [6, 6.07) is 4.14. The highest BCUT2D eigenvalue weighted by Crippen LogP contribution is 2.21. The number of nitrogens with two attached hydrogens (primary N) is 1. The van der Waals surface area contributed by atoms with Gasteiger partial charge in [-0.2, -0.15) is 0 Å². The number of anilines is 1. The van der Waals surface area contributed by atoms with Gasteiger partial charge < -0.3 is 10.6 Å². The fourth-order valence-electron chi connectivity index (χ4n) is 2.04. The fourth-order valence-corrected chi connectivity index (χ4v) is 3.09. The summed E-state index contributed by atoms with van der Waals surface area (Å²) in [5.74, 6) is 2.87. The highest BCUT2D eigenvalue weighted by atomic mass is 32.2. The van der Waals surface area contributed by atoms with Crippen LogP contribution in [-0.2, 0) is 17.3 Å². The lowest BCUT2D eigenvalue weighted by atomic mass is 10.1. The molecule has 1 aliphatic rings. The summed E-state index contributed by atoms with van der Waals surface area (Å²) < 4.78 is 11.4. The van der Waals surface area contributed by atoms with Crippen molar-refractivity contribution in [3.63, 3.8) is 0 Å². The smallest absolute Gasteiger partial charge is 0.129 e. The van der Waals surface area contributed by atoms with Crippen LogP contribution in [-0.4, -0.2) is 33.8 Å². The summed E-state index contributed by atoms with van der Waals surface area (Å²) >= 11 is 0. The average molecular weight is 267 g/mol. The van der Waals surface area contributed by atoms with Gasteiger partial charge >= 0.3 is 0 Å². The zero-order valence-electron chi connectivity index (χ0n) is 11.1. The summed E-state index contributed by atoms with van der Waals surface area (Å²) in [5.41, 5.74) is 7.95. The molecule has 2 heterocycles. The van der Waals surface area contributed by atoms with Crippen LogP contribution in [0.4, 0.5) is 5.82 Å². The van der Waals surface area contributed by atoms with Crippen LogP contribution in [0.5, 0.6) is 0 Å². The van der Waals surface area contributed by atoms with E-state index >= 15 is 0 Å². The third-order valence-electron chi connectivity index (χ3n) is 3.22. The molecule has 4 nitrogen and oxygen atoms in total. The molecular weight excluding hydrogens is 246 g/mol. The molecule has 5 heteroatoms. The van der Waals surface area contributed by atoms with Crippen LogP contribution in [0, 0.1) is 0 Å². The predicted octanol–water partition coefficient (Wildman–Crippen LogP) is 1.23. The van der Waals surface area contributed by atoms with E-state index in [9.17, 15) is 4.21 Å². The van der Waals surface area contributed by atoms with Crippen LogP contribution < -0.4 is 10.6 Å². The van der Waals surface area contributed by atoms with E-state index in [-0.39, 0.29) is 0 Å². The highest BCUT2D eigenvalue weighted by Gasteiger charge is 2.17. The average Bonchev–Trinajstić information content (AvgIpc) is 2.39. The molecule has 1 fully saturated rings. The molecule has 0 atom stereocenters. The molecule has 0 bridgehead atoms. The van der Waals surface area contributed by atoms with E-state index < -0.39 is 10.8 Å². The molecule has 0 radical (unpaired) electrons. The Kier molecular flexibility index (Phi) is 4.35. The maximum atomic E-state index is 11.4. The van der Waals surface area contributed by atoms with Crippen LogP contribution in [0.15, 0.2) is 12.1 Å². The predicted molar refractivity (Wildman–Crippen MR) is 76.3 cm³/mol. The lowest BCUT2D eigenvalue weighted by Gasteiger charge is -2.28. The van der Waals surface area contributed by atoms with Crippen molar-refractivity contribution in [2.24, 2.45) is 5.73 Å². The number of aromatic nitrogens is 1. The summed E-state index contributed by atoms with van der Waals surface area (Å²) in [4.78, 5) is 6.92. The standard InChI is InChI=1S/C13H21N3OS/c1-10(2)12-7-11(9-14)8-13(15-12)16-3-5-18(17)6-4-16/h7-8,10H,3-6,9,14H2,1-2H3. The second-order valence-corrected chi connectivity index (χ2v) is 6.65. The Bertz CT molecular complexity index is 438. The van der Waals surface area contributed by atoms with Crippen LogP contribution in [0.1, 0.15) is 31.0 Å². The molecule has 100 valence electrons. The molecule has 2 N–H and O–H groups in total. The number of rotatable bonds is 3. The Morgan fingerprint density at radius 2 is 2.06 bits per heavy atom. The van der Waals surface area contributed by atoms with Crippen LogP contribution in [0.25, 0.3) is 0 Å². The third kappa shape index (κ3) is 3.09. The largest absolute Gasteiger partial charge is 0.355 e. The minimum absolute atomic E-state index is 0.397. The molecule has 0 spiro atoms. The topological polar surface area (TPSA) is 59.2 Å². The van der Waals surface area contributed by atoms with Gasteiger partial charge in [0.1, 0.15) is 5.82 Å². The van der Waals surface area contributed by atoms with Crippen molar-refractivity contribution < 1.29 is 4.21 Å². The molecule has 1 aliphatic heterocycles. The first-order valence-electron chi connectivity index (χ1n) is 6.41. The van der Waals surface area contributed by atoms with E-state index in [4.69, 9.17) is 10.7 Å². The van der Waals surface area contributed by atoms with Gasteiger partial charge in [-0.25, -0.2) is 4.98 Å². The van der Waals surface area contributed by atoms with E-state index in [0.29, 0.717) is 12.5 Å². The Morgan fingerprint density at radius 3 is 2.61 bits per heavy atom. The van der Waals surface area contributed by atoms with Gasteiger partial charge in [-0.3, -0.25) is 4.21 Å². The normalized spacial score (nSPS) is 17.4.